The first kappa shape index (κ1) is 33.9. The third-order valence-corrected chi connectivity index (χ3v) is 7.13. The van der Waals surface area contributed by atoms with Gasteiger partial charge in [-0.05, 0) is 55.5 Å². The number of amidine groups is 1. The summed E-state index contributed by atoms with van der Waals surface area (Å²) in [5.41, 5.74) is -0.930. The summed E-state index contributed by atoms with van der Waals surface area (Å²) in [6.45, 7) is 0.507. The van der Waals surface area contributed by atoms with E-state index in [1.165, 1.54) is 41.4 Å². The minimum absolute atomic E-state index is 0.0843. The second-order valence-electron chi connectivity index (χ2n) is 10.2. The quantitative estimate of drug-likeness (QED) is 0.237. The molecular formula is C32H32F5N3O6. The summed E-state index contributed by atoms with van der Waals surface area (Å²) in [6, 6.07) is 13.1. The largest absolute Gasteiger partial charge is 0.497 e. The van der Waals surface area contributed by atoms with Gasteiger partial charge in [-0.25, -0.2) is 13.8 Å². The molecule has 3 aromatic rings. The normalized spacial score (nSPS) is 16.0. The van der Waals surface area contributed by atoms with Crippen molar-refractivity contribution < 1.29 is 50.4 Å². The van der Waals surface area contributed by atoms with E-state index in [4.69, 9.17) is 23.7 Å². The van der Waals surface area contributed by atoms with Gasteiger partial charge in [0.05, 0.1) is 41.5 Å². The van der Waals surface area contributed by atoms with Crippen molar-refractivity contribution in [2.45, 2.75) is 31.7 Å². The Hall–Kier alpha value is -5.01. The monoisotopic (exact) mass is 649 g/mol. The molecule has 0 aliphatic carbocycles. The van der Waals surface area contributed by atoms with E-state index in [2.05, 4.69) is 4.99 Å². The van der Waals surface area contributed by atoms with Crippen LogP contribution in [0.2, 0.25) is 0 Å². The van der Waals surface area contributed by atoms with Crippen molar-refractivity contribution in [1.29, 1.82) is 0 Å². The van der Waals surface area contributed by atoms with Crippen LogP contribution in [0.3, 0.4) is 0 Å². The lowest BCUT2D eigenvalue weighted by Gasteiger charge is -2.34. The summed E-state index contributed by atoms with van der Waals surface area (Å²) in [5.74, 6) is -1.30. The second-order valence-corrected chi connectivity index (χ2v) is 10.2. The number of halogens is 5. The first-order valence-electron chi connectivity index (χ1n) is 13.7. The zero-order valence-electron chi connectivity index (χ0n) is 25.6. The number of aliphatic imine (C=N–C) groups is 1. The van der Waals surface area contributed by atoms with E-state index < -0.39 is 30.1 Å². The average Bonchev–Trinajstić information content (AvgIpc) is 3.04. The standard InChI is InChI=1S/C32H32F5N3O6/c1-31(25-12-21(8-11-26(25)34)38-29(41)32(35,36)37)15-24(16-33)46-30(39-31)40(17-19-6-9-22(42-2)13-27(19)44-4)18-20-7-10-23(43-3)14-28(20)45-5/h6-15H,16-18H2,1-5H3,(H,38,41)/t31-/m0/s1. The second kappa shape index (κ2) is 14.0. The van der Waals surface area contributed by atoms with E-state index in [1.54, 1.807) is 46.6 Å². The number of allylic oxidation sites excluding steroid dienone is 1. The maximum absolute atomic E-state index is 15.3. The maximum Gasteiger partial charge on any atom is 0.471 e. The van der Waals surface area contributed by atoms with Crippen molar-refractivity contribution in [3.05, 3.63) is 88.9 Å². The van der Waals surface area contributed by atoms with Crippen LogP contribution in [-0.2, 0) is 28.2 Å². The van der Waals surface area contributed by atoms with Gasteiger partial charge in [0.2, 0.25) is 0 Å². The molecule has 1 heterocycles. The van der Waals surface area contributed by atoms with Gasteiger partial charge in [-0.3, -0.25) is 4.79 Å². The molecule has 1 N–H and O–H groups in total. The summed E-state index contributed by atoms with van der Waals surface area (Å²) >= 11 is 0. The van der Waals surface area contributed by atoms with Gasteiger partial charge >= 0.3 is 12.1 Å². The highest BCUT2D eigenvalue weighted by Crippen LogP contribution is 2.38. The number of amides is 1. The van der Waals surface area contributed by atoms with Crippen molar-refractivity contribution in [1.82, 2.24) is 4.90 Å². The van der Waals surface area contributed by atoms with Crippen LogP contribution in [0.15, 0.2) is 71.4 Å². The fourth-order valence-corrected chi connectivity index (χ4v) is 4.81. The topological polar surface area (TPSA) is 90.9 Å². The number of nitrogens with zero attached hydrogens (tertiary/aromatic N) is 2. The number of anilines is 1. The molecule has 1 atom stereocenters. The number of benzene rings is 3. The minimum Gasteiger partial charge on any atom is -0.497 e. The van der Waals surface area contributed by atoms with E-state index in [0.29, 0.717) is 34.1 Å². The van der Waals surface area contributed by atoms with Crippen LogP contribution in [0, 0.1) is 5.82 Å². The van der Waals surface area contributed by atoms with Gasteiger partial charge in [0.15, 0.2) is 0 Å². The summed E-state index contributed by atoms with van der Waals surface area (Å²) in [7, 11) is 5.99. The molecule has 9 nitrogen and oxygen atoms in total. The van der Waals surface area contributed by atoms with Crippen molar-refractivity contribution in [3.63, 3.8) is 0 Å². The molecule has 1 amide bonds. The fourth-order valence-electron chi connectivity index (χ4n) is 4.81. The Morgan fingerprint density at radius 3 is 1.93 bits per heavy atom. The Labute approximate surface area is 262 Å². The van der Waals surface area contributed by atoms with Gasteiger partial charge in [-0.1, -0.05) is 0 Å². The SMILES string of the molecule is COc1ccc(CN(Cc2ccc(OC)cc2OC)C2=N[C@](C)(c3cc(NC(=O)C(F)(F)F)ccc3F)C=C(CF)O2)c(OC)c1. The van der Waals surface area contributed by atoms with Crippen LogP contribution in [0.25, 0.3) is 0 Å². The Balaban J connectivity index is 1.83. The molecular weight excluding hydrogens is 617 g/mol. The average molecular weight is 650 g/mol. The van der Waals surface area contributed by atoms with Crippen molar-refractivity contribution in [2.75, 3.05) is 40.4 Å². The Kier molecular flexibility index (Phi) is 10.3. The summed E-state index contributed by atoms with van der Waals surface area (Å²) in [4.78, 5) is 17.9. The van der Waals surface area contributed by atoms with E-state index in [1.807, 2.05) is 0 Å². The molecule has 246 valence electrons. The van der Waals surface area contributed by atoms with Crippen LogP contribution in [-0.4, -0.2) is 58.1 Å². The molecule has 3 aromatic carbocycles. The molecule has 0 unspecified atom stereocenters. The third kappa shape index (κ3) is 7.61. The summed E-state index contributed by atoms with van der Waals surface area (Å²) in [5, 5.41) is 1.71. The predicted octanol–water partition coefficient (Wildman–Crippen LogP) is 6.52. The van der Waals surface area contributed by atoms with Crippen LogP contribution < -0.4 is 24.3 Å². The Bertz CT molecular complexity index is 1590. The minimum atomic E-state index is -5.17. The number of alkyl halides is 4. The Morgan fingerprint density at radius 1 is 0.891 bits per heavy atom. The molecule has 14 heteroatoms. The lowest BCUT2D eigenvalue weighted by atomic mass is 9.90. The molecule has 0 saturated heterocycles. The molecule has 0 radical (unpaired) electrons. The van der Waals surface area contributed by atoms with Crippen LogP contribution in [0.4, 0.5) is 27.6 Å². The number of carbonyl (C=O) groups is 1. The third-order valence-electron chi connectivity index (χ3n) is 7.13. The first-order chi connectivity index (χ1) is 21.8. The smallest absolute Gasteiger partial charge is 0.471 e. The lowest BCUT2D eigenvalue weighted by Crippen LogP contribution is -2.38. The molecule has 0 spiro atoms. The van der Waals surface area contributed by atoms with E-state index in [-0.39, 0.29) is 36.1 Å². The molecule has 1 aliphatic rings. The highest BCUT2D eigenvalue weighted by Gasteiger charge is 2.39. The number of ether oxygens (including phenoxy) is 5. The number of hydrogen-bond donors (Lipinski definition) is 1. The van der Waals surface area contributed by atoms with Gasteiger partial charge in [0, 0.05) is 34.5 Å². The maximum atomic E-state index is 15.3. The van der Waals surface area contributed by atoms with E-state index >= 15 is 4.39 Å². The van der Waals surface area contributed by atoms with Crippen LogP contribution >= 0.6 is 0 Å². The molecule has 0 saturated carbocycles. The summed E-state index contributed by atoms with van der Waals surface area (Å²) in [6.07, 6.45) is -3.94. The van der Waals surface area contributed by atoms with Crippen LogP contribution in [0.1, 0.15) is 23.6 Å². The first-order valence-corrected chi connectivity index (χ1v) is 13.7. The van der Waals surface area contributed by atoms with Crippen LogP contribution in [0.5, 0.6) is 23.0 Å². The van der Waals surface area contributed by atoms with Gasteiger partial charge < -0.3 is 33.9 Å². The highest BCUT2D eigenvalue weighted by molar-refractivity contribution is 5.95. The number of rotatable bonds is 11. The molecule has 4 rings (SSSR count). The van der Waals surface area contributed by atoms with Gasteiger partial charge in [-0.15, -0.1) is 0 Å². The summed E-state index contributed by atoms with van der Waals surface area (Å²) < 4.78 is 96.0. The fraction of sp³-hybridized carbons (Fsp3) is 0.312. The molecule has 0 fully saturated rings. The van der Waals surface area contributed by atoms with Gasteiger partial charge in [0.1, 0.15) is 46.8 Å². The Morgan fingerprint density at radius 2 is 1.46 bits per heavy atom. The molecule has 0 bridgehead atoms. The van der Waals surface area contributed by atoms with E-state index in [9.17, 15) is 22.4 Å². The zero-order valence-corrected chi connectivity index (χ0v) is 25.6. The molecule has 46 heavy (non-hydrogen) atoms. The lowest BCUT2D eigenvalue weighted by molar-refractivity contribution is -0.167. The van der Waals surface area contributed by atoms with E-state index in [0.717, 1.165) is 18.2 Å². The van der Waals surface area contributed by atoms with Gasteiger partial charge in [0.25, 0.3) is 6.02 Å². The highest BCUT2D eigenvalue weighted by atomic mass is 19.4. The number of nitrogens with one attached hydrogen (secondary N) is 1. The molecule has 0 aromatic heterocycles. The zero-order chi connectivity index (χ0) is 33.6. The van der Waals surface area contributed by atoms with Crippen molar-refractivity contribution in [2.24, 2.45) is 4.99 Å². The number of methoxy groups -OCH3 is 4. The number of hydrogen-bond acceptors (Lipinski definition) is 8. The predicted molar refractivity (Wildman–Crippen MR) is 159 cm³/mol. The molecule has 1 aliphatic heterocycles. The van der Waals surface area contributed by atoms with Gasteiger partial charge in [-0.2, -0.15) is 13.2 Å². The van der Waals surface area contributed by atoms with Crippen molar-refractivity contribution in [3.8, 4) is 23.0 Å². The number of carbonyl (C=O) groups excluding carboxylic acids is 1. The van der Waals surface area contributed by atoms with Crippen molar-refractivity contribution >= 4 is 17.6 Å².